The molecule has 0 amide bonds. The molecule has 0 aromatic carbocycles. The summed E-state index contributed by atoms with van der Waals surface area (Å²) in [5.41, 5.74) is 2.33. The molecule has 80 valence electrons. The SMILES string of the molecule is CNCCc1nc(-c2cccs2)[nH]c1C. The lowest BCUT2D eigenvalue weighted by Crippen LogP contribution is -2.11. The van der Waals surface area contributed by atoms with E-state index >= 15 is 0 Å². The molecular formula is C11H15N3S. The lowest BCUT2D eigenvalue weighted by Gasteiger charge is -1.95. The predicted molar refractivity (Wildman–Crippen MR) is 64.3 cm³/mol. The molecule has 15 heavy (non-hydrogen) atoms. The van der Waals surface area contributed by atoms with Crippen molar-refractivity contribution in [2.24, 2.45) is 0 Å². The van der Waals surface area contributed by atoms with Gasteiger partial charge in [0.1, 0.15) is 5.82 Å². The maximum Gasteiger partial charge on any atom is 0.147 e. The van der Waals surface area contributed by atoms with E-state index in [0.29, 0.717) is 0 Å². The minimum Gasteiger partial charge on any atom is -0.341 e. The average Bonchev–Trinajstić information content (AvgIpc) is 2.83. The zero-order chi connectivity index (χ0) is 10.7. The number of aromatic amines is 1. The van der Waals surface area contributed by atoms with Crippen molar-refractivity contribution in [3.05, 3.63) is 28.9 Å². The van der Waals surface area contributed by atoms with Crippen LogP contribution >= 0.6 is 11.3 Å². The molecule has 2 heterocycles. The van der Waals surface area contributed by atoms with Crippen molar-refractivity contribution in [3.63, 3.8) is 0 Å². The second kappa shape index (κ2) is 4.59. The number of rotatable bonds is 4. The second-order valence-corrected chi connectivity index (χ2v) is 4.44. The number of hydrogen-bond acceptors (Lipinski definition) is 3. The summed E-state index contributed by atoms with van der Waals surface area (Å²) in [6.07, 6.45) is 0.976. The number of imidazole rings is 1. The van der Waals surface area contributed by atoms with Gasteiger partial charge in [-0.25, -0.2) is 4.98 Å². The molecule has 0 aliphatic rings. The highest BCUT2D eigenvalue weighted by atomic mass is 32.1. The predicted octanol–water partition coefficient (Wildman–Crippen LogP) is 2.21. The van der Waals surface area contributed by atoms with E-state index in [0.717, 1.165) is 24.5 Å². The van der Waals surface area contributed by atoms with Crippen LogP contribution in [0.15, 0.2) is 17.5 Å². The van der Waals surface area contributed by atoms with Crippen LogP contribution in [0.25, 0.3) is 10.7 Å². The number of aromatic nitrogens is 2. The largest absolute Gasteiger partial charge is 0.341 e. The van der Waals surface area contributed by atoms with Gasteiger partial charge in [0.25, 0.3) is 0 Å². The third-order valence-electron chi connectivity index (χ3n) is 2.35. The Hall–Kier alpha value is -1.13. The van der Waals surface area contributed by atoms with Crippen molar-refractivity contribution in [2.75, 3.05) is 13.6 Å². The van der Waals surface area contributed by atoms with Gasteiger partial charge in [0.05, 0.1) is 10.6 Å². The lowest BCUT2D eigenvalue weighted by molar-refractivity contribution is 0.776. The quantitative estimate of drug-likeness (QED) is 0.831. The van der Waals surface area contributed by atoms with Crippen molar-refractivity contribution in [1.82, 2.24) is 15.3 Å². The standard InChI is InChI=1S/C11H15N3S/c1-8-9(5-6-12-2)14-11(13-8)10-4-3-7-15-10/h3-4,7,12H,5-6H2,1-2H3,(H,13,14). The van der Waals surface area contributed by atoms with Gasteiger partial charge in [-0.05, 0) is 25.4 Å². The molecule has 0 bridgehead atoms. The minimum absolute atomic E-state index is 0.968. The molecule has 0 atom stereocenters. The van der Waals surface area contributed by atoms with Crippen LogP contribution in [0, 0.1) is 6.92 Å². The zero-order valence-corrected chi connectivity index (χ0v) is 9.82. The van der Waals surface area contributed by atoms with Crippen LogP contribution < -0.4 is 5.32 Å². The van der Waals surface area contributed by atoms with E-state index in [2.05, 4.69) is 33.7 Å². The molecule has 2 rings (SSSR count). The number of aryl methyl sites for hydroxylation is 1. The van der Waals surface area contributed by atoms with Gasteiger partial charge in [-0.3, -0.25) is 0 Å². The minimum atomic E-state index is 0.968. The third kappa shape index (κ3) is 2.27. The normalized spacial score (nSPS) is 10.8. The molecule has 0 aliphatic heterocycles. The summed E-state index contributed by atoms with van der Waals surface area (Å²) in [5.74, 6) is 0.994. The summed E-state index contributed by atoms with van der Waals surface area (Å²) in [7, 11) is 1.96. The summed E-state index contributed by atoms with van der Waals surface area (Å²) in [6, 6.07) is 4.13. The van der Waals surface area contributed by atoms with E-state index in [9.17, 15) is 0 Å². The van der Waals surface area contributed by atoms with Gasteiger partial charge in [0.2, 0.25) is 0 Å². The summed E-state index contributed by atoms with van der Waals surface area (Å²) >= 11 is 1.71. The molecule has 2 aromatic heterocycles. The molecule has 0 fully saturated rings. The number of H-pyrrole nitrogens is 1. The topological polar surface area (TPSA) is 40.7 Å². The van der Waals surface area contributed by atoms with Gasteiger partial charge < -0.3 is 10.3 Å². The second-order valence-electron chi connectivity index (χ2n) is 3.49. The molecule has 2 aromatic rings. The molecule has 2 N–H and O–H groups in total. The molecule has 0 saturated carbocycles. The molecule has 3 nitrogen and oxygen atoms in total. The lowest BCUT2D eigenvalue weighted by atomic mass is 10.2. The van der Waals surface area contributed by atoms with Crippen LogP contribution in [-0.2, 0) is 6.42 Å². The summed E-state index contributed by atoms with van der Waals surface area (Å²) in [5, 5.41) is 5.21. The van der Waals surface area contributed by atoms with Crippen molar-refractivity contribution in [1.29, 1.82) is 0 Å². The highest BCUT2D eigenvalue weighted by molar-refractivity contribution is 7.13. The van der Waals surface area contributed by atoms with Crippen LogP contribution in [0.2, 0.25) is 0 Å². The van der Waals surface area contributed by atoms with Gasteiger partial charge in [-0.15, -0.1) is 11.3 Å². The fourth-order valence-corrected chi connectivity index (χ4v) is 2.18. The highest BCUT2D eigenvalue weighted by Crippen LogP contribution is 2.22. The monoisotopic (exact) mass is 221 g/mol. The number of thiophene rings is 1. The number of nitrogens with zero attached hydrogens (tertiary/aromatic N) is 1. The Labute approximate surface area is 93.6 Å². The van der Waals surface area contributed by atoms with E-state index in [1.54, 1.807) is 11.3 Å². The number of likely N-dealkylation sites (N-methyl/N-ethyl adjacent to an activating group) is 1. The van der Waals surface area contributed by atoms with Gasteiger partial charge in [-0.2, -0.15) is 0 Å². The Balaban J connectivity index is 2.21. The number of hydrogen-bond donors (Lipinski definition) is 2. The summed E-state index contributed by atoms with van der Waals surface area (Å²) in [6.45, 7) is 3.05. The van der Waals surface area contributed by atoms with Crippen LogP contribution in [0.1, 0.15) is 11.4 Å². The van der Waals surface area contributed by atoms with E-state index in [4.69, 9.17) is 0 Å². The van der Waals surface area contributed by atoms with Crippen molar-refractivity contribution in [2.45, 2.75) is 13.3 Å². The first-order valence-electron chi connectivity index (χ1n) is 5.05. The van der Waals surface area contributed by atoms with Crippen molar-refractivity contribution >= 4 is 11.3 Å². The molecule has 0 spiro atoms. The van der Waals surface area contributed by atoms with Crippen LogP contribution in [0.3, 0.4) is 0 Å². The highest BCUT2D eigenvalue weighted by Gasteiger charge is 2.08. The van der Waals surface area contributed by atoms with Gasteiger partial charge in [0, 0.05) is 18.7 Å². The Morgan fingerprint density at radius 1 is 1.53 bits per heavy atom. The fourth-order valence-electron chi connectivity index (χ4n) is 1.51. The maximum absolute atomic E-state index is 4.60. The molecule has 0 radical (unpaired) electrons. The van der Waals surface area contributed by atoms with Gasteiger partial charge in [0.15, 0.2) is 0 Å². The first kappa shape index (κ1) is 10.4. The summed E-state index contributed by atoms with van der Waals surface area (Å²) < 4.78 is 0. The maximum atomic E-state index is 4.60. The van der Waals surface area contributed by atoms with Crippen LogP contribution in [0.5, 0.6) is 0 Å². The van der Waals surface area contributed by atoms with E-state index in [1.807, 2.05) is 13.1 Å². The smallest absolute Gasteiger partial charge is 0.147 e. The van der Waals surface area contributed by atoms with Gasteiger partial charge >= 0.3 is 0 Å². The number of nitrogens with one attached hydrogen (secondary N) is 2. The van der Waals surface area contributed by atoms with Crippen LogP contribution in [-0.4, -0.2) is 23.6 Å². The van der Waals surface area contributed by atoms with Crippen molar-refractivity contribution in [3.8, 4) is 10.7 Å². The molecule has 0 saturated heterocycles. The van der Waals surface area contributed by atoms with Gasteiger partial charge in [-0.1, -0.05) is 6.07 Å². The van der Waals surface area contributed by atoms with Crippen molar-refractivity contribution < 1.29 is 0 Å². The summed E-state index contributed by atoms with van der Waals surface area (Å²) in [4.78, 5) is 9.13. The first-order valence-corrected chi connectivity index (χ1v) is 5.93. The Kier molecular flexibility index (Phi) is 3.18. The zero-order valence-electron chi connectivity index (χ0n) is 9.00. The third-order valence-corrected chi connectivity index (χ3v) is 3.23. The Morgan fingerprint density at radius 3 is 3.07 bits per heavy atom. The van der Waals surface area contributed by atoms with E-state index < -0.39 is 0 Å². The van der Waals surface area contributed by atoms with E-state index in [1.165, 1.54) is 10.6 Å². The van der Waals surface area contributed by atoms with Crippen LogP contribution in [0.4, 0.5) is 0 Å². The Bertz CT molecular complexity index is 417. The molecule has 0 aliphatic carbocycles. The average molecular weight is 221 g/mol. The molecule has 4 heteroatoms. The van der Waals surface area contributed by atoms with E-state index in [-0.39, 0.29) is 0 Å². The fraction of sp³-hybridized carbons (Fsp3) is 0.364. The molecular weight excluding hydrogens is 206 g/mol. The Morgan fingerprint density at radius 2 is 2.40 bits per heavy atom. The molecule has 0 unspecified atom stereocenters. The first-order chi connectivity index (χ1) is 7.31.